The summed E-state index contributed by atoms with van der Waals surface area (Å²) in [5.74, 6) is 0.112. The Labute approximate surface area is 219 Å². The van der Waals surface area contributed by atoms with Gasteiger partial charge in [-0.15, -0.1) is 0 Å². The first-order chi connectivity index (χ1) is 16.4. The molecule has 0 fully saturated rings. The molecular weight excluding hydrogens is 580 g/mol. The van der Waals surface area contributed by atoms with Crippen LogP contribution in [-0.4, -0.2) is 5.91 Å². The molecule has 0 spiro atoms. The molecule has 1 N–H and O–H groups in total. The zero-order chi connectivity index (χ0) is 24.1. The lowest BCUT2D eigenvalue weighted by molar-refractivity contribution is -0.112. The number of halogens is 3. The van der Waals surface area contributed by atoms with Crippen LogP contribution in [0.2, 0.25) is 5.02 Å². The largest absolute Gasteiger partial charge is 0.487 e. The fourth-order valence-electron chi connectivity index (χ4n) is 3.36. The fourth-order valence-corrected chi connectivity index (χ4v) is 5.01. The molecule has 0 radical (unpaired) electrons. The number of carbonyl (C=O) groups excluding carboxylic acids is 1. The zero-order valence-corrected chi connectivity index (χ0v) is 21.6. The van der Waals surface area contributed by atoms with Gasteiger partial charge in [0.1, 0.15) is 24.0 Å². The highest BCUT2D eigenvalue weighted by Crippen LogP contribution is 2.36. The van der Waals surface area contributed by atoms with Crippen LogP contribution in [0, 0.1) is 11.3 Å². The SMILES string of the molecule is N#C/C(=C\c1cc(Br)c(OCc2ccc3ccccc3c2)c(Br)c1)C(=O)Nc1cccc(Cl)c1. The van der Waals surface area contributed by atoms with E-state index in [2.05, 4.69) is 61.4 Å². The molecule has 0 aliphatic rings. The number of ether oxygens (including phenoxy) is 1. The quantitative estimate of drug-likeness (QED) is 0.181. The van der Waals surface area contributed by atoms with Gasteiger partial charge in [-0.05, 0) is 96.2 Å². The Kier molecular flexibility index (Phi) is 7.69. The lowest BCUT2D eigenvalue weighted by atomic mass is 10.1. The van der Waals surface area contributed by atoms with Crippen LogP contribution in [0.15, 0.2) is 93.4 Å². The number of benzene rings is 4. The summed E-state index contributed by atoms with van der Waals surface area (Å²) in [6.07, 6.45) is 1.52. The van der Waals surface area contributed by atoms with Crippen molar-refractivity contribution >= 4 is 71.9 Å². The van der Waals surface area contributed by atoms with Crippen molar-refractivity contribution in [3.63, 3.8) is 0 Å². The van der Waals surface area contributed by atoms with Crippen molar-refractivity contribution in [2.45, 2.75) is 6.61 Å². The first kappa shape index (κ1) is 24.0. The number of fused-ring (bicyclic) bond motifs is 1. The van der Waals surface area contributed by atoms with Gasteiger partial charge in [0.05, 0.1) is 8.95 Å². The molecule has 1 amide bonds. The first-order valence-electron chi connectivity index (χ1n) is 10.2. The van der Waals surface area contributed by atoms with Gasteiger partial charge in [0.15, 0.2) is 0 Å². The Morgan fingerprint density at radius 3 is 2.41 bits per heavy atom. The maximum absolute atomic E-state index is 12.6. The smallest absolute Gasteiger partial charge is 0.266 e. The summed E-state index contributed by atoms with van der Waals surface area (Å²) in [6, 6.07) is 26.7. The van der Waals surface area contributed by atoms with Crippen LogP contribution in [0.3, 0.4) is 0 Å². The molecule has 4 nitrogen and oxygen atoms in total. The average molecular weight is 597 g/mol. The first-order valence-corrected chi connectivity index (χ1v) is 12.2. The minimum atomic E-state index is -0.520. The number of amides is 1. The predicted octanol–water partition coefficient (Wildman–Crippen LogP) is 8.14. The Morgan fingerprint density at radius 2 is 1.71 bits per heavy atom. The molecule has 0 bridgehead atoms. The van der Waals surface area contributed by atoms with Gasteiger partial charge in [0.2, 0.25) is 0 Å². The number of hydrogen-bond donors (Lipinski definition) is 1. The van der Waals surface area contributed by atoms with Crippen LogP contribution in [0.25, 0.3) is 16.8 Å². The van der Waals surface area contributed by atoms with Gasteiger partial charge in [-0.2, -0.15) is 5.26 Å². The highest BCUT2D eigenvalue weighted by Gasteiger charge is 2.13. The van der Waals surface area contributed by atoms with E-state index in [4.69, 9.17) is 16.3 Å². The summed E-state index contributed by atoms with van der Waals surface area (Å²) in [5, 5.41) is 15.0. The summed E-state index contributed by atoms with van der Waals surface area (Å²) >= 11 is 13.0. The van der Waals surface area contributed by atoms with Gasteiger partial charge in [0.25, 0.3) is 5.91 Å². The van der Waals surface area contributed by atoms with Crippen molar-refractivity contribution in [1.29, 1.82) is 5.26 Å². The molecule has 0 heterocycles. The van der Waals surface area contributed by atoms with Crippen molar-refractivity contribution < 1.29 is 9.53 Å². The molecule has 34 heavy (non-hydrogen) atoms. The standard InChI is InChI=1S/C27H17Br2ClN2O2/c28-24-12-18(11-21(15-31)27(33)32-23-7-3-6-22(30)14-23)13-25(29)26(24)34-16-17-8-9-19-4-1-2-5-20(19)10-17/h1-14H,16H2,(H,32,33)/b21-11+. The summed E-state index contributed by atoms with van der Waals surface area (Å²) < 4.78 is 7.45. The monoisotopic (exact) mass is 594 g/mol. The van der Waals surface area contributed by atoms with Gasteiger partial charge in [-0.25, -0.2) is 0 Å². The maximum Gasteiger partial charge on any atom is 0.266 e. The van der Waals surface area contributed by atoms with E-state index in [1.165, 1.54) is 11.5 Å². The summed E-state index contributed by atoms with van der Waals surface area (Å²) in [5.41, 5.74) is 2.18. The number of nitrogens with one attached hydrogen (secondary N) is 1. The van der Waals surface area contributed by atoms with E-state index in [-0.39, 0.29) is 5.57 Å². The Balaban J connectivity index is 1.50. The van der Waals surface area contributed by atoms with Crippen molar-refractivity contribution in [2.24, 2.45) is 0 Å². The predicted molar refractivity (Wildman–Crippen MR) is 144 cm³/mol. The molecule has 0 aliphatic carbocycles. The topological polar surface area (TPSA) is 62.1 Å². The van der Waals surface area contributed by atoms with E-state index in [0.29, 0.717) is 37.6 Å². The number of hydrogen-bond acceptors (Lipinski definition) is 3. The molecule has 168 valence electrons. The molecule has 4 rings (SSSR count). The summed E-state index contributed by atoms with van der Waals surface area (Å²) in [7, 11) is 0. The zero-order valence-electron chi connectivity index (χ0n) is 17.7. The van der Waals surface area contributed by atoms with Crippen LogP contribution >= 0.6 is 43.5 Å². The van der Waals surface area contributed by atoms with Crippen LogP contribution in [0.4, 0.5) is 5.69 Å². The van der Waals surface area contributed by atoms with Crippen molar-refractivity contribution in [3.05, 3.63) is 110 Å². The minimum Gasteiger partial charge on any atom is -0.487 e. The number of nitriles is 1. The van der Waals surface area contributed by atoms with E-state index in [0.717, 1.165) is 10.9 Å². The third-order valence-corrected chi connectivity index (χ3v) is 6.39. The second kappa shape index (κ2) is 10.9. The van der Waals surface area contributed by atoms with E-state index < -0.39 is 5.91 Å². The van der Waals surface area contributed by atoms with Gasteiger partial charge in [-0.3, -0.25) is 4.79 Å². The highest BCUT2D eigenvalue weighted by molar-refractivity contribution is 9.11. The second-order valence-electron chi connectivity index (χ2n) is 7.42. The van der Waals surface area contributed by atoms with Crippen molar-refractivity contribution in [1.82, 2.24) is 0 Å². The normalized spacial score (nSPS) is 11.2. The molecule has 0 unspecified atom stereocenters. The lowest BCUT2D eigenvalue weighted by Gasteiger charge is -2.12. The number of carbonyl (C=O) groups is 1. The van der Waals surface area contributed by atoms with Gasteiger partial charge < -0.3 is 10.1 Å². The summed E-state index contributed by atoms with van der Waals surface area (Å²) in [6.45, 7) is 0.392. The molecule has 0 atom stereocenters. The Morgan fingerprint density at radius 1 is 0.971 bits per heavy atom. The van der Waals surface area contributed by atoms with Gasteiger partial charge >= 0.3 is 0 Å². The van der Waals surface area contributed by atoms with Gasteiger partial charge in [-0.1, -0.05) is 54.1 Å². The van der Waals surface area contributed by atoms with Crippen LogP contribution in [-0.2, 0) is 11.4 Å². The van der Waals surface area contributed by atoms with E-state index in [1.807, 2.05) is 24.3 Å². The van der Waals surface area contributed by atoms with Gasteiger partial charge in [0, 0.05) is 10.7 Å². The second-order valence-corrected chi connectivity index (χ2v) is 9.56. The Hall–Kier alpha value is -3.11. The number of rotatable bonds is 6. The molecule has 0 saturated heterocycles. The molecule has 4 aromatic carbocycles. The van der Waals surface area contributed by atoms with E-state index >= 15 is 0 Å². The van der Waals surface area contributed by atoms with Crippen LogP contribution < -0.4 is 10.1 Å². The molecule has 0 saturated carbocycles. The van der Waals surface area contributed by atoms with Crippen molar-refractivity contribution in [3.8, 4) is 11.8 Å². The highest BCUT2D eigenvalue weighted by atomic mass is 79.9. The molecule has 7 heteroatoms. The molecule has 4 aromatic rings. The van der Waals surface area contributed by atoms with E-state index in [1.54, 1.807) is 36.4 Å². The lowest BCUT2D eigenvalue weighted by Crippen LogP contribution is -2.13. The molecule has 0 aliphatic heterocycles. The van der Waals surface area contributed by atoms with Crippen LogP contribution in [0.5, 0.6) is 5.75 Å². The fraction of sp³-hybridized carbons (Fsp3) is 0.0370. The molecular formula is C27H17Br2ClN2O2. The maximum atomic E-state index is 12.6. The summed E-state index contributed by atoms with van der Waals surface area (Å²) in [4.78, 5) is 12.6. The third-order valence-electron chi connectivity index (χ3n) is 4.98. The van der Waals surface area contributed by atoms with Crippen LogP contribution in [0.1, 0.15) is 11.1 Å². The van der Waals surface area contributed by atoms with E-state index in [9.17, 15) is 10.1 Å². The Bertz CT molecular complexity index is 1440. The third kappa shape index (κ3) is 5.87. The molecule has 0 aromatic heterocycles. The average Bonchev–Trinajstić information content (AvgIpc) is 2.82. The number of anilines is 1. The number of nitrogens with zero attached hydrogens (tertiary/aromatic N) is 1. The minimum absolute atomic E-state index is 0.0383. The van der Waals surface area contributed by atoms with Crippen molar-refractivity contribution in [2.75, 3.05) is 5.32 Å².